The number of anilines is 1. The van der Waals surface area contributed by atoms with Gasteiger partial charge >= 0.3 is 0 Å². The summed E-state index contributed by atoms with van der Waals surface area (Å²) in [5.74, 6) is 0.396. The van der Waals surface area contributed by atoms with Gasteiger partial charge in [0.05, 0.1) is 11.0 Å². The van der Waals surface area contributed by atoms with Crippen LogP contribution in [0.15, 0.2) is 24.3 Å². The van der Waals surface area contributed by atoms with E-state index in [1.807, 2.05) is 28.8 Å². The van der Waals surface area contributed by atoms with E-state index in [0.29, 0.717) is 32.0 Å². The number of imidazole rings is 1. The minimum Gasteiger partial charge on any atom is -0.381 e. The number of carbonyl (C=O) groups excluding carboxylic acids is 1. The van der Waals surface area contributed by atoms with Gasteiger partial charge in [-0.05, 0) is 31.4 Å². The van der Waals surface area contributed by atoms with Crippen LogP contribution in [0.1, 0.15) is 26.2 Å². The van der Waals surface area contributed by atoms with Gasteiger partial charge in [-0.15, -0.1) is 0 Å². The number of nitrogens with two attached hydrogens (primary N) is 1. The summed E-state index contributed by atoms with van der Waals surface area (Å²) < 4.78 is 7.33. The van der Waals surface area contributed by atoms with E-state index in [2.05, 4.69) is 17.2 Å². The Morgan fingerprint density at radius 2 is 2.14 bits per heavy atom. The van der Waals surface area contributed by atoms with E-state index >= 15 is 0 Å². The first-order valence-corrected chi connectivity index (χ1v) is 7.77. The van der Waals surface area contributed by atoms with E-state index in [0.717, 1.165) is 24.0 Å². The van der Waals surface area contributed by atoms with E-state index < -0.39 is 5.54 Å². The van der Waals surface area contributed by atoms with Gasteiger partial charge in [0.1, 0.15) is 5.54 Å². The Hall–Kier alpha value is -1.92. The topological polar surface area (TPSA) is 82.2 Å². The Labute approximate surface area is 129 Å². The molecule has 3 rings (SSSR count). The molecule has 2 heterocycles. The first-order chi connectivity index (χ1) is 10.6. The number of amides is 1. The highest BCUT2D eigenvalue weighted by atomic mass is 16.5. The lowest BCUT2D eigenvalue weighted by molar-refractivity contribution is -0.124. The number of ether oxygens (including phenoxy) is 1. The second kappa shape index (κ2) is 6.06. The molecule has 1 aliphatic heterocycles. The molecule has 3 N–H and O–H groups in total. The summed E-state index contributed by atoms with van der Waals surface area (Å²) in [4.78, 5) is 17.1. The van der Waals surface area contributed by atoms with Gasteiger partial charge in [0, 0.05) is 19.8 Å². The second-order valence-corrected chi connectivity index (χ2v) is 5.80. The molecule has 1 amide bonds. The lowest BCUT2D eigenvalue weighted by Crippen LogP contribution is -2.54. The molecule has 0 aliphatic carbocycles. The summed E-state index contributed by atoms with van der Waals surface area (Å²) in [7, 11) is 0. The molecule has 2 aromatic rings. The molecule has 0 radical (unpaired) electrons. The van der Waals surface area contributed by atoms with Crippen LogP contribution in [0, 0.1) is 0 Å². The quantitative estimate of drug-likeness (QED) is 0.903. The Balaban J connectivity index is 1.89. The van der Waals surface area contributed by atoms with Gasteiger partial charge in [0.15, 0.2) is 0 Å². The maximum Gasteiger partial charge on any atom is 0.246 e. The predicted octanol–water partition coefficient (Wildman–Crippen LogP) is 1.89. The summed E-state index contributed by atoms with van der Waals surface area (Å²) in [6, 6.07) is 7.88. The van der Waals surface area contributed by atoms with Crippen LogP contribution < -0.4 is 11.1 Å². The van der Waals surface area contributed by atoms with Crippen LogP contribution in [0.3, 0.4) is 0 Å². The van der Waals surface area contributed by atoms with Crippen molar-refractivity contribution in [3.63, 3.8) is 0 Å². The summed E-state index contributed by atoms with van der Waals surface area (Å²) in [6.07, 6.45) is 2.03. The summed E-state index contributed by atoms with van der Waals surface area (Å²) >= 11 is 0. The van der Waals surface area contributed by atoms with E-state index in [1.54, 1.807) is 0 Å². The molecular weight excluding hydrogens is 280 g/mol. The Morgan fingerprint density at radius 3 is 2.86 bits per heavy atom. The van der Waals surface area contributed by atoms with E-state index in [1.165, 1.54) is 0 Å². The Bertz CT molecular complexity index is 674. The molecule has 0 bridgehead atoms. The predicted molar refractivity (Wildman–Crippen MR) is 85.6 cm³/mol. The fourth-order valence-corrected chi connectivity index (χ4v) is 2.81. The number of benzene rings is 1. The van der Waals surface area contributed by atoms with Gasteiger partial charge in [-0.1, -0.05) is 19.1 Å². The molecule has 1 fully saturated rings. The number of hydrogen-bond donors (Lipinski definition) is 2. The molecule has 6 heteroatoms. The summed E-state index contributed by atoms with van der Waals surface area (Å²) in [5.41, 5.74) is 7.28. The van der Waals surface area contributed by atoms with Crippen molar-refractivity contribution in [1.82, 2.24) is 9.55 Å². The number of nitrogens with one attached hydrogen (secondary N) is 1. The van der Waals surface area contributed by atoms with Crippen molar-refractivity contribution < 1.29 is 9.53 Å². The highest BCUT2D eigenvalue weighted by Crippen LogP contribution is 2.23. The number of rotatable bonds is 4. The smallest absolute Gasteiger partial charge is 0.246 e. The minimum absolute atomic E-state index is 0.177. The molecule has 0 saturated carbocycles. The molecule has 22 heavy (non-hydrogen) atoms. The molecule has 118 valence electrons. The molecule has 1 aromatic carbocycles. The fourth-order valence-electron chi connectivity index (χ4n) is 2.81. The zero-order chi connectivity index (χ0) is 15.6. The van der Waals surface area contributed by atoms with Crippen LogP contribution in [0.4, 0.5) is 5.95 Å². The highest BCUT2D eigenvalue weighted by molar-refractivity contribution is 5.98. The van der Waals surface area contributed by atoms with Crippen LogP contribution in [0.25, 0.3) is 11.0 Å². The molecule has 0 spiro atoms. The third-order valence-electron chi connectivity index (χ3n) is 4.16. The van der Waals surface area contributed by atoms with Crippen LogP contribution in [0.5, 0.6) is 0 Å². The van der Waals surface area contributed by atoms with Gasteiger partial charge in [0.2, 0.25) is 11.9 Å². The Morgan fingerprint density at radius 1 is 1.41 bits per heavy atom. The number of aryl methyl sites for hydroxylation is 1. The van der Waals surface area contributed by atoms with Gasteiger partial charge in [-0.2, -0.15) is 0 Å². The van der Waals surface area contributed by atoms with E-state index in [4.69, 9.17) is 10.5 Å². The normalized spacial score (nSPS) is 17.5. The van der Waals surface area contributed by atoms with Crippen molar-refractivity contribution in [3.05, 3.63) is 24.3 Å². The number of para-hydroxylation sites is 2. The number of fused-ring (bicyclic) bond motifs is 1. The van der Waals surface area contributed by atoms with Crippen LogP contribution in [0.2, 0.25) is 0 Å². The summed E-state index contributed by atoms with van der Waals surface area (Å²) in [5, 5.41) is 2.93. The number of nitrogens with zero attached hydrogens (tertiary/aromatic N) is 2. The maximum atomic E-state index is 12.6. The fraction of sp³-hybridized carbons (Fsp3) is 0.500. The third-order valence-corrected chi connectivity index (χ3v) is 4.16. The van der Waals surface area contributed by atoms with E-state index in [-0.39, 0.29) is 5.91 Å². The SMILES string of the molecule is CCCn1c(NC(=O)C2(N)CCOCC2)nc2ccccc21. The lowest BCUT2D eigenvalue weighted by atomic mass is 9.90. The minimum atomic E-state index is -0.868. The van der Waals surface area contributed by atoms with Crippen molar-refractivity contribution >= 4 is 22.9 Å². The average molecular weight is 302 g/mol. The largest absolute Gasteiger partial charge is 0.381 e. The van der Waals surface area contributed by atoms with Crippen LogP contribution in [-0.4, -0.2) is 34.2 Å². The van der Waals surface area contributed by atoms with Gasteiger partial charge in [-0.25, -0.2) is 4.98 Å². The highest BCUT2D eigenvalue weighted by Gasteiger charge is 2.36. The van der Waals surface area contributed by atoms with E-state index in [9.17, 15) is 4.79 Å². The number of carbonyl (C=O) groups is 1. The molecule has 0 atom stereocenters. The first-order valence-electron chi connectivity index (χ1n) is 7.77. The van der Waals surface area contributed by atoms with Crippen LogP contribution in [-0.2, 0) is 16.1 Å². The Kier molecular flexibility index (Phi) is 4.13. The number of aromatic nitrogens is 2. The van der Waals surface area contributed by atoms with Crippen molar-refractivity contribution in [1.29, 1.82) is 0 Å². The van der Waals surface area contributed by atoms with Crippen molar-refractivity contribution in [2.45, 2.75) is 38.3 Å². The average Bonchev–Trinajstić information content (AvgIpc) is 2.86. The standard InChI is InChI=1S/C16H22N4O2/c1-2-9-20-13-6-4-3-5-12(13)18-15(20)19-14(21)16(17)7-10-22-11-8-16/h3-6H,2,7-11,17H2,1H3,(H,18,19,21). The van der Waals surface area contributed by atoms with Crippen LogP contribution >= 0.6 is 0 Å². The van der Waals surface area contributed by atoms with Gasteiger partial charge in [-0.3, -0.25) is 10.1 Å². The zero-order valence-corrected chi connectivity index (χ0v) is 12.8. The van der Waals surface area contributed by atoms with Gasteiger partial charge in [0.25, 0.3) is 0 Å². The third kappa shape index (κ3) is 2.71. The zero-order valence-electron chi connectivity index (χ0n) is 12.8. The van der Waals surface area contributed by atoms with Gasteiger partial charge < -0.3 is 15.0 Å². The van der Waals surface area contributed by atoms with Crippen molar-refractivity contribution in [2.75, 3.05) is 18.5 Å². The molecular formula is C16H22N4O2. The second-order valence-electron chi connectivity index (χ2n) is 5.80. The molecule has 1 aliphatic rings. The van der Waals surface area contributed by atoms with Crippen molar-refractivity contribution in [3.8, 4) is 0 Å². The molecule has 1 aromatic heterocycles. The molecule has 6 nitrogen and oxygen atoms in total. The summed E-state index contributed by atoms with van der Waals surface area (Å²) in [6.45, 7) is 3.95. The maximum absolute atomic E-state index is 12.6. The van der Waals surface area contributed by atoms with Crippen molar-refractivity contribution in [2.24, 2.45) is 5.73 Å². The monoisotopic (exact) mass is 302 g/mol. The molecule has 1 saturated heterocycles. The first kappa shape index (κ1) is 15.0. The number of hydrogen-bond acceptors (Lipinski definition) is 4. The lowest BCUT2D eigenvalue weighted by Gasteiger charge is -2.31. The molecule has 0 unspecified atom stereocenters.